The van der Waals surface area contributed by atoms with E-state index in [1.165, 1.54) is 0 Å². The van der Waals surface area contributed by atoms with Gasteiger partial charge in [-0.05, 0) is 24.6 Å². The van der Waals surface area contributed by atoms with Crippen LogP contribution in [0.1, 0.15) is 12.5 Å². The summed E-state index contributed by atoms with van der Waals surface area (Å²) in [6, 6.07) is 3.88. The van der Waals surface area contributed by atoms with Gasteiger partial charge in [0.15, 0.2) is 11.5 Å². The molecule has 0 amide bonds. The summed E-state index contributed by atoms with van der Waals surface area (Å²) < 4.78 is 16.0. The van der Waals surface area contributed by atoms with Gasteiger partial charge in [0.1, 0.15) is 0 Å². The highest BCUT2D eigenvalue weighted by atomic mass is 16.7. The molecular weight excluding hydrogens is 168 g/mol. The Bertz CT molecular complexity index is 333. The van der Waals surface area contributed by atoms with Gasteiger partial charge in [-0.15, -0.1) is 0 Å². The van der Waals surface area contributed by atoms with Crippen molar-refractivity contribution in [3.8, 4) is 17.2 Å². The molecule has 0 radical (unpaired) electrons. The minimum absolute atomic E-state index is 0.217. The van der Waals surface area contributed by atoms with Crippen molar-refractivity contribution in [1.29, 1.82) is 0 Å². The third-order valence-electron chi connectivity index (χ3n) is 1.96. The van der Waals surface area contributed by atoms with E-state index in [4.69, 9.17) is 14.2 Å². The Kier molecular flexibility index (Phi) is 1.79. The molecule has 13 heavy (non-hydrogen) atoms. The SMILES string of the molecule is COc1cc(C)cc2c1OC(C)O2. The second-order valence-corrected chi connectivity index (χ2v) is 3.10. The first-order chi connectivity index (χ1) is 6.20. The van der Waals surface area contributed by atoms with E-state index >= 15 is 0 Å². The summed E-state index contributed by atoms with van der Waals surface area (Å²) in [6.45, 7) is 3.85. The minimum atomic E-state index is -0.217. The molecule has 0 N–H and O–H groups in total. The van der Waals surface area contributed by atoms with Crippen molar-refractivity contribution < 1.29 is 14.2 Å². The quantitative estimate of drug-likeness (QED) is 0.662. The minimum Gasteiger partial charge on any atom is -0.493 e. The topological polar surface area (TPSA) is 27.7 Å². The molecule has 0 bridgehead atoms. The van der Waals surface area contributed by atoms with Crippen molar-refractivity contribution in [2.24, 2.45) is 0 Å². The molecule has 0 spiro atoms. The number of aryl methyl sites for hydroxylation is 1. The molecule has 1 aliphatic rings. The lowest BCUT2D eigenvalue weighted by Gasteiger charge is -2.05. The molecule has 1 unspecified atom stereocenters. The van der Waals surface area contributed by atoms with E-state index in [9.17, 15) is 0 Å². The summed E-state index contributed by atoms with van der Waals surface area (Å²) in [6.07, 6.45) is -0.217. The van der Waals surface area contributed by atoms with E-state index in [1.807, 2.05) is 26.0 Å². The normalized spacial score (nSPS) is 18.8. The molecule has 0 aliphatic carbocycles. The molecule has 1 heterocycles. The molecule has 3 nitrogen and oxygen atoms in total. The molecule has 1 aliphatic heterocycles. The van der Waals surface area contributed by atoms with Crippen LogP contribution in [0.2, 0.25) is 0 Å². The third-order valence-corrected chi connectivity index (χ3v) is 1.96. The van der Waals surface area contributed by atoms with Gasteiger partial charge in [-0.25, -0.2) is 0 Å². The Morgan fingerprint density at radius 2 is 2.08 bits per heavy atom. The maximum Gasteiger partial charge on any atom is 0.239 e. The van der Waals surface area contributed by atoms with Crippen LogP contribution in [0.25, 0.3) is 0 Å². The Balaban J connectivity index is 2.50. The first-order valence-corrected chi connectivity index (χ1v) is 4.22. The number of benzene rings is 1. The maximum absolute atomic E-state index is 5.44. The smallest absolute Gasteiger partial charge is 0.239 e. The van der Waals surface area contributed by atoms with Gasteiger partial charge in [0.25, 0.3) is 0 Å². The van der Waals surface area contributed by atoms with Gasteiger partial charge < -0.3 is 14.2 Å². The van der Waals surface area contributed by atoms with Crippen LogP contribution in [0.3, 0.4) is 0 Å². The summed E-state index contributed by atoms with van der Waals surface area (Å²) in [7, 11) is 1.63. The number of ether oxygens (including phenoxy) is 3. The standard InChI is InChI=1S/C10H12O3/c1-6-4-8(11-3)10-9(5-6)12-7(2)13-10/h4-5,7H,1-3H3. The highest BCUT2D eigenvalue weighted by Crippen LogP contribution is 2.43. The Morgan fingerprint density at radius 3 is 2.77 bits per heavy atom. The Hall–Kier alpha value is -1.38. The zero-order valence-corrected chi connectivity index (χ0v) is 7.96. The maximum atomic E-state index is 5.44. The lowest BCUT2D eigenvalue weighted by Crippen LogP contribution is -2.11. The highest BCUT2D eigenvalue weighted by Gasteiger charge is 2.24. The first kappa shape index (κ1) is 8.23. The molecule has 0 saturated carbocycles. The predicted octanol–water partition coefficient (Wildman–Crippen LogP) is 2.12. The molecule has 70 valence electrons. The lowest BCUT2D eigenvalue weighted by atomic mass is 10.2. The zero-order chi connectivity index (χ0) is 9.42. The molecule has 1 aromatic carbocycles. The fraction of sp³-hybridized carbons (Fsp3) is 0.400. The van der Waals surface area contributed by atoms with Gasteiger partial charge in [0.2, 0.25) is 12.0 Å². The van der Waals surface area contributed by atoms with Crippen LogP contribution >= 0.6 is 0 Å². The third kappa shape index (κ3) is 1.30. The van der Waals surface area contributed by atoms with Crippen LogP contribution in [-0.4, -0.2) is 13.4 Å². The van der Waals surface area contributed by atoms with Crippen molar-refractivity contribution >= 4 is 0 Å². The summed E-state index contributed by atoms with van der Waals surface area (Å²) >= 11 is 0. The molecule has 1 aromatic rings. The Morgan fingerprint density at radius 1 is 1.31 bits per heavy atom. The molecular formula is C10H12O3. The fourth-order valence-electron chi connectivity index (χ4n) is 1.43. The van der Waals surface area contributed by atoms with Gasteiger partial charge in [0, 0.05) is 6.92 Å². The molecule has 3 heteroatoms. The van der Waals surface area contributed by atoms with Crippen molar-refractivity contribution in [3.63, 3.8) is 0 Å². The van der Waals surface area contributed by atoms with E-state index in [1.54, 1.807) is 7.11 Å². The van der Waals surface area contributed by atoms with Crippen LogP contribution < -0.4 is 14.2 Å². The predicted molar refractivity (Wildman–Crippen MR) is 48.4 cm³/mol. The molecule has 1 atom stereocenters. The largest absolute Gasteiger partial charge is 0.493 e. The average Bonchev–Trinajstić information content (AvgIpc) is 2.43. The van der Waals surface area contributed by atoms with Gasteiger partial charge >= 0.3 is 0 Å². The number of hydrogen-bond acceptors (Lipinski definition) is 3. The van der Waals surface area contributed by atoms with Crippen LogP contribution in [0.15, 0.2) is 12.1 Å². The van der Waals surface area contributed by atoms with Crippen molar-refractivity contribution in [1.82, 2.24) is 0 Å². The van der Waals surface area contributed by atoms with Crippen LogP contribution in [0.5, 0.6) is 17.2 Å². The number of methoxy groups -OCH3 is 1. The summed E-state index contributed by atoms with van der Waals surface area (Å²) in [5, 5.41) is 0. The molecule has 0 aromatic heterocycles. The van der Waals surface area contributed by atoms with Crippen molar-refractivity contribution in [2.45, 2.75) is 20.1 Å². The highest BCUT2D eigenvalue weighted by molar-refractivity contribution is 5.55. The number of rotatable bonds is 1. The number of hydrogen-bond donors (Lipinski definition) is 0. The zero-order valence-electron chi connectivity index (χ0n) is 7.96. The summed E-state index contributed by atoms with van der Waals surface area (Å²) in [5.41, 5.74) is 1.10. The second-order valence-electron chi connectivity index (χ2n) is 3.10. The number of fused-ring (bicyclic) bond motifs is 1. The summed E-state index contributed by atoms with van der Waals surface area (Å²) in [5.74, 6) is 2.21. The van der Waals surface area contributed by atoms with Crippen molar-refractivity contribution in [3.05, 3.63) is 17.7 Å². The summed E-state index contributed by atoms with van der Waals surface area (Å²) in [4.78, 5) is 0. The average molecular weight is 180 g/mol. The van der Waals surface area contributed by atoms with E-state index in [2.05, 4.69) is 0 Å². The second kappa shape index (κ2) is 2.83. The van der Waals surface area contributed by atoms with Gasteiger partial charge in [-0.2, -0.15) is 0 Å². The first-order valence-electron chi connectivity index (χ1n) is 4.22. The van der Waals surface area contributed by atoms with E-state index in [0.717, 1.165) is 17.1 Å². The van der Waals surface area contributed by atoms with E-state index in [0.29, 0.717) is 5.75 Å². The van der Waals surface area contributed by atoms with E-state index < -0.39 is 0 Å². The fourth-order valence-corrected chi connectivity index (χ4v) is 1.43. The van der Waals surface area contributed by atoms with Gasteiger partial charge in [-0.1, -0.05) is 0 Å². The molecule has 0 fully saturated rings. The van der Waals surface area contributed by atoms with Crippen LogP contribution in [-0.2, 0) is 0 Å². The van der Waals surface area contributed by atoms with Gasteiger partial charge in [-0.3, -0.25) is 0 Å². The van der Waals surface area contributed by atoms with E-state index in [-0.39, 0.29) is 6.29 Å². The lowest BCUT2D eigenvalue weighted by molar-refractivity contribution is 0.0664. The molecule has 0 saturated heterocycles. The monoisotopic (exact) mass is 180 g/mol. The van der Waals surface area contributed by atoms with Crippen LogP contribution in [0.4, 0.5) is 0 Å². The van der Waals surface area contributed by atoms with Crippen LogP contribution in [0, 0.1) is 6.92 Å². The Labute approximate surface area is 77.2 Å². The van der Waals surface area contributed by atoms with Gasteiger partial charge in [0.05, 0.1) is 7.11 Å². The molecule has 2 rings (SSSR count). The van der Waals surface area contributed by atoms with Crippen molar-refractivity contribution in [2.75, 3.05) is 7.11 Å².